The van der Waals surface area contributed by atoms with Gasteiger partial charge in [-0.1, -0.05) is 6.92 Å². The van der Waals surface area contributed by atoms with Gasteiger partial charge < -0.3 is 14.7 Å². The number of hydrogen-bond acceptors (Lipinski definition) is 3. The number of hydrogen-bond donors (Lipinski definition) is 1. The Balaban J connectivity index is 2.41. The van der Waals surface area contributed by atoms with Crippen LogP contribution in [0.15, 0.2) is 0 Å². The summed E-state index contributed by atoms with van der Waals surface area (Å²) in [5.74, 6) is 0.369. The van der Waals surface area contributed by atoms with Crippen LogP contribution in [0.2, 0.25) is 0 Å². The molecule has 16 heavy (non-hydrogen) atoms. The summed E-state index contributed by atoms with van der Waals surface area (Å²) in [5, 5.41) is 9.91. The summed E-state index contributed by atoms with van der Waals surface area (Å²) in [6, 6.07) is 0. The molecule has 2 atom stereocenters. The molecule has 0 aliphatic carbocycles. The molecule has 4 nitrogen and oxygen atoms in total. The summed E-state index contributed by atoms with van der Waals surface area (Å²) in [7, 11) is 1.65. The normalized spacial score (nSPS) is 27.9. The Morgan fingerprint density at radius 3 is 2.88 bits per heavy atom. The summed E-state index contributed by atoms with van der Waals surface area (Å²) in [4.78, 5) is 13.7. The van der Waals surface area contributed by atoms with Gasteiger partial charge in [-0.3, -0.25) is 4.79 Å². The van der Waals surface area contributed by atoms with Crippen LogP contribution in [0.4, 0.5) is 0 Å². The van der Waals surface area contributed by atoms with Gasteiger partial charge in [-0.05, 0) is 25.7 Å². The van der Waals surface area contributed by atoms with E-state index in [1.165, 1.54) is 0 Å². The molecule has 0 aromatic carbocycles. The molecule has 1 aliphatic heterocycles. The lowest BCUT2D eigenvalue weighted by Crippen LogP contribution is -2.48. The first-order chi connectivity index (χ1) is 7.44. The molecule has 1 aliphatic rings. The van der Waals surface area contributed by atoms with Gasteiger partial charge in [0.2, 0.25) is 5.91 Å². The zero-order valence-electron chi connectivity index (χ0n) is 10.5. The monoisotopic (exact) mass is 229 g/mol. The molecule has 0 spiro atoms. The molecular formula is C12H23NO3. The van der Waals surface area contributed by atoms with Crippen LogP contribution < -0.4 is 0 Å². The third-order valence-corrected chi connectivity index (χ3v) is 3.00. The lowest BCUT2D eigenvalue weighted by Gasteiger charge is -2.37. The molecule has 0 aromatic rings. The van der Waals surface area contributed by atoms with E-state index >= 15 is 0 Å². The molecule has 94 valence electrons. The second kappa shape index (κ2) is 5.64. The maximum absolute atomic E-state index is 11.9. The third kappa shape index (κ3) is 4.10. The predicted molar refractivity (Wildman–Crippen MR) is 62.1 cm³/mol. The van der Waals surface area contributed by atoms with E-state index < -0.39 is 5.60 Å². The number of β-amino-alcohol motifs (C(OH)–C–C–N with tert-alkyl or cyclic N) is 1. The number of ether oxygens (including phenoxy) is 1. The second-order valence-electron chi connectivity index (χ2n) is 5.18. The second-order valence-corrected chi connectivity index (χ2v) is 5.18. The zero-order valence-corrected chi connectivity index (χ0v) is 10.5. The quantitative estimate of drug-likeness (QED) is 0.783. The Bertz CT molecular complexity index is 240. The van der Waals surface area contributed by atoms with E-state index in [0.717, 1.165) is 19.4 Å². The fraction of sp³-hybridized carbons (Fsp3) is 0.917. The van der Waals surface area contributed by atoms with Crippen LogP contribution >= 0.6 is 0 Å². The van der Waals surface area contributed by atoms with Gasteiger partial charge in [0.05, 0.1) is 5.60 Å². The minimum Gasteiger partial charge on any atom is -0.388 e. The molecule has 0 radical (unpaired) electrons. The van der Waals surface area contributed by atoms with Crippen molar-refractivity contribution in [2.75, 3.05) is 26.8 Å². The maximum Gasteiger partial charge on any atom is 0.223 e. The highest BCUT2D eigenvalue weighted by Gasteiger charge is 2.31. The molecule has 0 aromatic heterocycles. The van der Waals surface area contributed by atoms with Crippen molar-refractivity contribution in [2.24, 2.45) is 5.92 Å². The number of carbonyl (C=O) groups excluding carboxylic acids is 1. The Hall–Kier alpha value is -0.610. The van der Waals surface area contributed by atoms with Crippen molar-refractivity contribution in [2.45, 2.75) is 38.7 Å². The molecule has 0 saturated carbocycles. The highest BCUT2D eigenvalue weighted by molar-refractivity contribution is 5.76. The van der Waals surface area contributed by atoms with Crippen LogP contribution in [-0.2, 0) is 9.53 Å². The van der Waals surface area contributed by atoms with Crippen molar-refractivity contribution >= 4 is 5.91 Å². The number of carbonyl (C=O) groups is 1. The Kier molecular flexibility index (Phi) is 4.74. The van der Waals surface area contributed by atoms with Crippen LogP contribution in [0, 0.1) is 5.92 Å². The summed E-state index contributed by atoms with van der Waals surface area (Å²) < 4.78 is 5.01. The third-order valence-electron chi connectivity index (χ3n) is 3.00. The standard InChI is InChI=1S/C12H23NO3/c1-10(8-16-3)7-11(14)13-6-4-5-12(2,15)9-13/h10,15H,4-9H2,1-3H3. The largest absolute Gasteiger partial charge is 0.388 e. The summed E-state index contributed by atoms with van der Waals surface area (Å²) >= 11 is 0. The lowest BCUT2D eigenvalue weighted by molar-refractivity contribution is -0.138. The summed E-state index contributed by atoms with van der Waals surface area (Å²) in [5.41, 5.74) is -0.710. The number of nitrogens with zero attached hydrogens (tertiary/aromatic N) is 1. The molecule has 4 heteroatoms. The van der Waals surface area contributed by atoms with Gasteiger partial charge >= 0.3 is 0 Å². The van der Waals surface area contributed by atoms with Gasteiger partial charge in [0.15, 0.2) is 0 Å². The van der Waals surface area contributed by atoms with Crippen molar-refractivity contribution in [1.29, 1.82) is 0 Å². The Labute approximate surface area is 97.6 Å². The van der Waals surface area contributed by atoms with Crippen LogP contribution in [0.5, 0.6) is 0 Å². The van der Waals surface area contributed by atoms with Gasteiger partial charge in [-0.25, -0.2) is 0 Å². The number of piperidine rings is 1. The number of methoxy groups -OCH3 is 1. The van der Waals surface area contributed by atoms with Crippen LogP contribution in [-0.4, -0.2) is 48.3 Å². The minimum atomic E-state index is -0.710. The highest BCUT2D eigenvalue weighted by atomic mass is 16.5. The number of aliphatic hydroxyl groups is 1. The van der Waals surface area contributed by atoms with E-state index in [4.69, 9.17) is 4.74 Å². The smallest absolute Gasteiger partial charge is 0.223 e. The Morgan fingerprint density at radius 1 is 1.62 bits per heavy atom. The number of likely N-dealkylation sites (tertiary alicyclic amines) is 1. The average Bonchev–Trinajstić information content (AvgIpc) is 2.16. The van der Waals surface area contributed by atoms with Gasteiger partial charge in [0.1, 0.15) is 0 Å². The number of rotatable bonds is 4. The molecule has 2 unspecified atom stereocenters. The first-order valence-corrected chi connectivity index (χ1v) is 5.94. The topological polar surface area (TPSA) is 49.8 Å². The van der Waals surface area contributed by atoms with E-state index in [2.05, 4.69) is 0 Å². The van der Waals surface area contributed by atoms with E-state index in [1.54, 1.807) is 18.9 Å². The first-order valence-electron chi connectivity index (χ1n) is 5.94. The van der Waals surface area contributed by atoms with Crippen molar-refractivity contribution < 1.29 is 14.6 Å². The molecule has 1 amide bonds. The zero-order chi connectivity index (χ0) is 12.2. The van der Waals surface area contributed by atoms with Crippen LogP contribution in [0.1, 0.15) is 33.1 Å². The molecular weight excluding hydrogens is 206 g/mol. The maximum atomic E-state index is 11.9. The van der Waals surface area contributed by atoms with E-state index in [0.29, 0.717) is 19.6 Å². The summed E-state index contributed by atoms with van der Waals surface area (Å²) in [6.45, 7) is 5.64. The molecule has 1 saturated heterocycles. The van der Waals surface area contributed by atoms with Crippen molar-refractivity contribution in [3.63, 3.8) is 0 Å². The SMILES string of the molecule is COCC(C)CC(=O)N1CCCC(C)(O)C1. The van der Waals surface area contributed by atoms with Crippen LogP contribution in [0.25, 0.3) is 0 Å². The van der Waals surface area contributed by atoms with Gasteiger partial charge in [0.25, 0.3) is 0 Å². The van der Waals surface area contributed by atoms with Crippen molar-refractivity contribution in [3.05, 3.63) is 0 Å². The molecule has 0 bridgehead atoms. The van der Waals surface area contributed by atoms with E-state index in [9.17, 15) is 9.90 Å². The lowest BCUT2D eigenvalue weighted by atomic mass is 9.94. The minimum absolute atomic E-state index is 0.129. The highest BCUT2D eigenvalue weighted by Crippen LogP contribution is 2.21. The van der Waals surface area contributed by atoms with Gasteiger partial charge in [0, 0.05) is 33.2 Å². The average molecular weight is 229 g/mol. The molecule has 1 fully saturated rings. The Morgan fingerprint density at radius 2 is 2.31 bits per heavy atom. The van der Waals surface area contributed by atoms with Gasteiger partial charge in [-0.15, -0.1) is 0 Å². The van der Waals surface area contributed by atoms with E-state index in [-0.39, 0.29) is 11.8 Å². The van der Waals surface area contributed by atoms with Crippen molar-refractivity contribution in [3.8, 4) is 0 Å². The van der Waals surface area contributed by atoms with Crippen molar-refractivity contribution in [1.82, 2.24) is 4.90 Å². The first kappa shape index (κ1) is 13.5. The van der Waals surface area contributed by atoms with Gasteiger partial charge in [-0.2, -0.15) is 0 Å². The fourth-order valence-corrected chi connectivity index (χ4v) is 2.20. The molecule has 1 rings (SSSR count). The molecule has 1 heterocycles. The fourth-order valence-electron chi connectivity index (χ4n) is 2.20. The van der Waals surface area contributed by atoms with Crippen LogP contribution in [0.3, 0.4) is 0 Å². The van der Waals surface area contributed by atoms with E-state index in [1.807, 2.05) is 6.92 Å². The predicted octanol–water partition coefficient (Wildman–Crippen LogP) is 1.03. The molecule has 1 N–H and O–H groups in total. The number of amides is 1. The summed E-state index contributed by atoms with van der Waals surface area (Å²) in [6.07, 6.45) is 2.17.